The summed E-state index contributed by atoms with van der Waals surface area (Å²) in [6.07, 6.45) is 1.75. The molecule has 0 unspecified atom stereocenters. The van der Waals surface area contributed by atoms with E-state index in [2.05, 4.69) is 4.98 Å². The van der Waals surface area contributed by atoms with E-state index < -0.39 is 21.6 Å². The van der Waals surface area contributed by atoms with Crippen molar-refractivity contribution in [3.05, 3.63) is 101 Å². The number of carbonyl (C=O) groups is 1. The maximum atomic E-state index is 13.7. The van der Waals surface area contributed by atoms with Crippen molar-refractivity contribution in [1.82, 2.24) is 9.29 Å². The molecule has 4 aromatic rings. The van der Waals surface area contributed by atoms with Gasteiger partial charge in [0.1, 0.15) is 16.4 Å². The van der Waals surface area contributed by atoms with E-state index in [1.165, 1.54) is 27.8 Å². The Morgan fingerprint density at radius 2 is 1.69 bits per heavy atom. The fraction of sp³-hybridized carbons (Fsp3) is 0.241. The zero-order valence-corrected chi connectivity index (χ0v) is 24.2. The normalized spacial score (nSPS) is 11.9. The molecule has 0 saturated carbocycles. The first-order valence-electron chi connectivity index (χ1n) is 12.2. The number of aromatic nitrogens is 1. The Morgan fingerprint density at radius 1 is 0.974 bits per heavy atom. The van der Waals surface area contributed by atoms with Gasteiger partial charge in [0.05, 0.1) is 4.90 Å². The summed E-state index contributed by atoms with van der Waals surface area (Å²) in [4.78, 5) is 16.5. The molecule has 0 amide bonds. The van der Waals surface area contributed by atoms with Gasteiger partial charge in [-0.3, -0.25) is 0 Å². The number of esters is 1. The minimum absolute atomic E-state index is 0.0761. The smallest absolute Gasteiger partial charge is 0.344 e. The van der Waals surface area contributed by atoms with E-state index in [4.69, 9.17) is 21.1 Å². The van der Waals surface area contributed by atoms with Gasteiger partial charge in [0.25, 0.3) is 0 Å². The van der Waals surface area contributed by atoms with Crippen molar-refractivity contribution < 1.29 is 22.7 Å². The van der Waals surface area contributed by atoms with Crippen LogP contribution >= 0.6 is 22.9 Å². The number of hydrogen-bond donors (Lipinski definition) is 0. The number of carbonyl (C=O) groups excluding carboxylic acids is 1. The van der Waals surface area contributed by atoms with E-state index in [1.807, 2.05) is 35.7 Å². The number of nitrogens with zero attached hydrogens (tertiary/aromatic N) is 2. The van der Waals surface area contributed by atoms with Crippen LogP contribution in [0.15, 0.2) is 89.3 Å². The van der Waals surface area contributed by atoms with Crippen LogP contribution in [0.2, 0.25) is 5.02 Å². The molecule has 204 valence electrons. The molecule has 0 aliphatic heterocycles. The summed E-state index contributed by atoms with van der Waals surface area (Å²) < 4.78 is 39.8. The van der Waals surface area contributed by atoms with Crippen LogP contribution in [0.1, 0.15) is 31.9 Å². The maximum Gasteiger partial charge on any atom is 0.344 e. The van der Waals surface area contributed by atoms with E-state index in [0.29, 0.717) is 16.3 Å². The Bertz CT molecular complexity index is 1520. The molecule has 0 saturated heterocycles. The van der Waals surface area contributed by atoms with Gasteiger partial charge in [-0.15, -0.1) is 11.3 Å². The molecule has 0 radical (unpaired) electrons. The van der Waals surface area contributed by atoms with Crippen LogP contribution in [-0.2, 0) is 32.6 Å². The van der Waals surface area contributed by atoms with Crippen molar-refractivity contribution in [2.75, 3.05) is 6.61 Å². The average molecular weight is 585 g/mol. The summed E-state index contributed by atoms with van der Waals surface area (Å²) in [5, 5.41) is 3.14. The number of rotatable bonds is 10. The molecule has 0 N–H and O–H groups in total. The zero-order chi connectivity index (χ0) is 28.0. The first-order valence-corrected chi connectivity index (χ1v) is 14.9. The second-order valence-electron chi connectivity index (χ2n) is 9.79. The molecular weight excluding hydrogens is 556 g/mol. The predicted molar refractivity (Wildman–Crippen MR) is 153 cm³/mol. The number of ether oxygens (including phenoxy) is 2. The molecule has 1 heterocycles. The summed E-state index contributed by atoms with van der Waals surface area (Å²) in [6.45, 7) is 5.31. The van der Waals surface area contributed by atoms with Gasteiger partial charge in [-0.2, -0.15) is 4.31 Å². The predicted octanol–water partition coefficient (Wildman–Crippen LogP) is 6.58. The second kappa shape index (κ2) is 12.3. The fourth-order valence-corrected chi connectivity index (χ4v) is 6.14. The summed E-state index contributed by atoms with van der Waals surface area (Å²) in [7, 11) is -3.91. The summed E-state index contributed by atoms with van der Waals surface area (Å²) in [6, 6.07) is 20.9. The highest BCUT2D eigenvalue weighted by atomic mass is 35.5. The number of hydrogen-bond acceptors (Lipinski definition) is 7. The Kier molecular flexibility index (Phi) is 9.07. The highest BCUT2D eigenvalue weighted by Gasteiger charge is 2.26. The number of thiazole rings is 1. The molecule has 4 rings (SSSR count). The monoisotopic (exact) mass is 584 g/mol. The number of sulfonamides is 1. The summed E-state index contributed by atoms with van der Waals surface area (Å²) in [5.74, 6) is -0.0504. The zero-order valence-electron chi connectivity index (χ0n) is 21.8. The fourth-order valence-electron chi connectivity index (χ4n) is 3.78. The lowest BCUT2D eigenvalue weighted by molar-refractivity contribution is -0.157. The van der Waals surface area contributed by atoms with Crippen molar-refractivity contribution in [2.45, 2.75) is 44.4 Å². The summed E-state index contributed by atoms with van der Waals surface area (Å²) in [5.41, 5.74) is 1.86. The van der Waals surface area contributed by atoms with Gasteiger partial charge in [0.2, 0.25) is 10.0 Å². The lowest BCUT2D eigenvalue weighted by atomic mass is 10.1. The third-order valence-corrected chi connectivity index (χ3v) is 8.31. The van der Waals surface area contributed by atoms with E-state index in [0.717, 1.165) is 16.1 Å². The minimum Gasteiger partial charge on any atom is -0.482 e. The topological polar surface area (TPSA) is 85.8 Å². The molecule has 39 heavy (non-hydrogen) atoms. The Hall–Kier alpha value is -3.24. The van der Waals surface area contributed by atoms with E-state index in [1.54, 1.807) is 57.3 Å². The molecular formula is C29H29ClN2O5S2. The second-order valence-corrected chi connectivity index (χ2v) is 13.1. The van der Waals surface area contributed by atoms with Gasteiger partial charge in [0, 0.05) is 35.3 Å². The first-order chi connectivity index (χ1) is 18.5. The molecule has 0 aliphatic rings. The van der Waals surface area contributed by atoms with E-state index in [9.17, 15) is 13.2 Å². The van der Waals surface area contributed by atoms with Crippen molar-refractivity contribution in [2.24, 2.45) is 0 Å². The van der Waals surface area contributed by atoms with E-state index in [-0.39, 0.29) is 24.6 Å². The highest BCUT2D eigenvalue weighted by molar-refractivity contribution is 7.89. The van der Waals surface area contributed by atoms with Crippen LogP contribution < -0.4 is 4.74 Å². The largest absolute Gasteiger partial charge is 0.482 e. The van der Waals surface area contributed by atoms with Crippen LogP contribution in [-0.4, -0.2) is 35.9 Å². The third kappa shape index (κ3) is 8.12. The van der Waals surface area contributed by atoms with Gasteiger partial charge >= 0.3 is 5.97 Å². The Balaban J connectivity index is 1.57. The molecule has 0 atom stereocenters. The van der Waals surface area contributed by atoms with Gasteiger partial charge in [-0.25, -0.2) is 18.2 Å². The first kappa shape index (κ1) is 28.8. The molecule has 3 aromatic carbocycles. The molecule has 0 bridgehead atoms. The van der Waals surface area contributed by atoms with Crippen molar-refractivity contribution in [3.8, 4) is 16.3 Å². The SMILES string of the molecule is CC(C)(C)OC(=O)COc1cccc(CN(Cc2ccc(-c3nccs3)cc2)S(=O)(=O)c2cccc(Cl)c2)c1. The van der Waals surface area contributed by atoms with Gasteiger partial charge in [-0.1, -0.05) is 54.1 Å². The standard InChI is InChI=1S/C29H29ClN2O5S2/c1-29(2,3)37-27(33)20-36-25-8-4-6-22(16-25)19-32(39(34,35)26-9-5-7-24(30)17-26)18-21-10-12-23(13-11-21)28-31-14-15-38-28/h4-17H,18-20H2,1-3H3. The van der Waals surface area contributed by atoms with Crippen LogP contribution in [0, 0.1) is 0 Å². The summed E-state index contributed by atoms with van der Waals surface area (Å²) >= 11 is 7.66. The molecule has 0 spiro atoms. The third-order valence-electron chi connectivity index (χ3n) is 5.46. The Morgan fingerprint density at radius 3 is 2.36 bits per heavy atom. The molecule has 7 nitrogen and oxygen atoms in total. The van der Waals surface area contributed by atoms with Crippen molar-refractivity contribution >= 4 is 38.9 Å². The highest BCUT2D eigenvalue weighted by Crippen LogP contribution is 2.27. The quantitative estimate of drug-likeness (QED) is 0.196. The lowest BCUT2D eigenvalue weighted by Crippen LogP contribution is -2.30. The lowest BCUT2D eigenvalue weighted by Gasteiger charge is -2.23. The maximum absolute atomic E-state index is 13.7. The molecule has 0 aliphatic carbocycles. The average Bonchev–Trinajstić information content (AvgIpc) is 3.42. The van der Waals surface area contributed by atoms with Crippen LogP contribution in [0.25, 0.3) is 10.6 Å². The van der Waals surface area contributed by atoms with Gasteiger partial charge in [0.15, 0.2) is 6.61 Å². The number of benzene rings is 3. The molecule has 0 fully saturated rings. The minimum atomic E-state index is -3.91. The van der Waals surface area contributed by atoms with Gasteiger partial charge in [-0.05, 0) is 62.2 Å². The van der Waals surface area contributed by atoms with Crippen LogP contribution in [0.3, 0.4) is 0 Å². The van der Waals surface area contributed by atoms with Crippen molar-refractivity contribution in [3.63, 3.8) is 0 Å². The molecule has 1 aromatic heterocycles. The number of halogens is 1. The van der Waals surface area contributed by atoms with Crippen LogP contribution in [0.4, 0.5) is 0 Å². The van der Waals surface area contributed by atoms with Gasteiger partial charge < -0.3 is 9.47 Å². The Labute approximate surface area is 238 Å². The van der Waals surface area contributed by atoms with E-state index >= 15 is 0 Å². The van der Waals surface area contributed by atoms with Crippen molar-refractivity contribution in [1.29, 1.82) is 0 Å². The van der Waals surface area contributed by atoms with Crippen LogP contribution in [0.5, 0.6) is 5.75 Å². The molecule has 10 heteroatoms.